The van der Waals surface area contributed by atoms with E-state index in [0.29, 0.717) is 11.5 Å². The van der Waals surface area contributed by atoms with Crippen molar-refractivity contribution in [1.82, 2.24) is 20.4 Å². The Morgan fingerprint density at radius 1 is 1.18 bits per heavy atom. The standard InChI is InChI=1S/C17H35N5/c1-5-17(7-6-8-17)14-20-16(18-3)19-13-15(2)22-11-9-21(4)10-12-22/h15H,5-14H2,1-4H3,(H2,18,19,20). The van der Waals surface area contributed by atoms with Crippen LogP contribution >= 0.6 is 0 Å². The van der Waals surface area contributed by atoms with Gasteiger partial charge in [0.25, 0.3) is 0 Å². The maximum atomic E-state index is 4.38. The molecule has 1 heterocycles. The molecule has 1 aliphatic carbocycles. The van der Waals surface area contributed by atoms with Gasteiger partial charge in [0, 0.05) is 52.4 Å². The number of hydrogen-bond acceptors (Lipinski definition) is 3. The van der Waals surface area contributed by atoms with Crippen molar-refractivity contribution >= 4 is 5.96 Å². The van der Waals surface area contributed by atoms with Gasteiger partial charge in [-0.05, 0) is 38.6 Å². The van der Waals surface area contributed by atoms with Gasteiger partial charge in [-0.15, -0.1) is 0 Å². The van der Waals surface area contributed by atoms with Gasteiger partial charge in [0.05, 0.1) is 0 Å². The second-order valence-electron chi connectivity index (χ2n) is 7.20. The van der Waals surface area contributed by atoms with Crippen LogP contribution in [0.3, 0.4) is 0 Å². The van der Waals surface area contributed by atoms with Crippen LogP contribution < -0.4 is 10.6 Å². The second kappa shape index (κ2) is 8.16. The van der Waals surface area contributed by atoms with E-state index in [1.807, 2.05) is 7.05 Å². The zero-order valence-electron chi connectivity index (χ0n) is 15.0. The van der Waals surface area contributed by atoms with Gasteiger partial charge in [-0.1, -0.05) is 13.3 Å². The third-order valence-electron chi connectivity index (χ3n) is 5.74. The Bertz CT molecular complexity index is 351. The van der Waals surface area contributed by atoms with Crippen molar-refractivity contribution in [3.63, 3.8) is 0 Å². The maximum absolute atomic E-state index is 4.38. The van der Waals surface area contributed by atoms with Gasteiger partial charge < -0.3 is 15.5 Å². The highest BCUT2D eigenvalue weighted by molar-refractivity contribution is 5.79. The Kier molecular flexibility index (Phi) is 6.50. The predicted molar refractivity (Wildman–Crippen MR) is 94.5 cm³/mol. The summed E-state index contributed by atoms with van der Waals surface area (Å²) in [5.74, 6) is 0.959. The molecule has 2 N–H and O–H groups in total. The number of piperazine rings is 1. The van der Waals surface area contributed by atoms with Crippen LogP contribution in [0.2, 0.25) is 0 Å². The SMILES string of the molecule is CCC1(CNC(=NC)NCC(C)N2CCN(C)CC2)CCC1. The quantitative estimate of drug-likeness (QED) is 0.574. The lowest BCUT2D eigenvalue weighted by Gasteiger charge is -2.41. The number of rotatable bonds is 6. The molecule has 5 nitrogen and oxygen atoms in total. The lowest BCUT2D eigenvalue weighted by molar-refractivity contribution is 0.119. The minimum Gasteiger partial charge on any atom is -0.356 e. The minimum absolute atomic E-state index is 0.528. The average molecular weight is 310 g/mol. The van der Waals surface area contributed by atoms with Crippen molar-refractivity contribution < 1.29 is 0 Å². The third kappa shape index (κ3) is 4.59. The summed E-state index contributed by atoms with van der Waals surface area (Å²) in [6.07, 6.45) is 5.40. The molecule has 128 valence electrons. The van der Waals surface area contributed by atoms with E-state index < -0.39 is 0 Å². The Labute approximate surface area is 136 Å². The van der Waals surface area contributed by atoms with Crippen LogP contribution in [0.4, 0.5) is 0 Å². The first kappa shape index (κ1) is 17.5. The molecular weight excluding hydrogens is 274 g/mol. The molecule has 22 heavy (non-hydrogen) atoms. The molecule has 0 aromatic heterocycles. The van der Waals surface area contributed by atoms with Gasteiger partial charge in [-0.3, -0.25) is 9.89 Å². The van der Waals surface area contributed by atoms with E-state index in [1.54, 1.807) is 0 Å². The third-order valence-corrected chi connectivity index (χ3v) is 5.74. The number of likely N-dealkylation sites (N-methyl/N-ethyl adjacent to an activating group) is 1. The van der Waals surface area contributed by atoms with E-state index in [1.165, 1.54) is 51.9 Å². The fourth-order valence-corrected chi connectivity index (χ4v) is 3.46. The molecule has 1 unspecified atom stereocenters. The van der Waals surface area contributed by atoms with Gasteiger partial charge in [0.2, 0.25) is 0 Å². The smallest absolute Gasteiger partial charge is 0.191 e. The molecule has 1 aliphatic heterocycles. The normalized spacial score (nSPS) is 24.6. The lowest BCUT2D eigenvalue weighted by atomic mass is 9.67. The molecule has 1 atom stereocenters. The van der Waals surface area contributed by atoms with Gasteiger partial charge in [-0.2, -0.15) is 0 Å². The number of aliphatic imine (C=N–C) groups is 1. The summed E-state index contributed by atoms with van der Waals surface area (Å²) in [7, 11) is 4.07. The van der Waals surface area contributed by atoms with Crippen LogP contribution in [0.5, 0.6) is 0 Å². The molecule has 2 aliphatic rings. The van der Waals surface area contributed by atoms with Crippen molar-refractivity contribution in [3.05, 3.63) is 0 Å². The topological polar surface area (TPSA) is 42.9 Å². The number of guanidine groups is 1. The summed E-state index contributed by atoms with van der Waals surface area (Å²) in [4.78, 5) is 9.35. The maximum Gasteiger partial charge on any atom is 0.191 e. The largest absolute Gasteiger partial charge is 0.356 e. The van der Waals surface area contributed by atoms with Crippen molar-refractivity contribution in [2.75, 3.05) is 53.4 Å². The Hall–Kier alpha value is -0.810. The molecule has 2 rings (SSSR count). The Morgan fingerprint density at radius 3 is 2.36 bits per heavy atom. The molecule has 1 saturated heterocycles. The number of hydrogen-bond donors (Lipinski definition) is 2. The average Bonchev–Trinajstić information content (AvgIpc) is 2.50. The number of nitrogens with one attached hydrogen (secondary N) is 2. The summed E-state index contributed by atoms with van der Waals surface area (Å²) in [5, 5.41) is 7.05. The van der Waals surface area contributed by atoms with Crippen LogP contribution in [0.1, 0.15) is 39.5 Å². The summed E-state index contributed by atoms with van der Waals surface area (Å²) in [5.41, 5.74) is 0.528. The van der Waals surface area contributed by atoms with Crippen molar-refractivity contribution in [3.8, 4) is 0 Å². The minimum atomic E-state index is 0.528. The first-order chi connectivity index (χ1) is 10.6. The predicted octanol–water partition coefficient (Wildman–Crippen LogP) is 1.37. The van der Waals surface area contributed by atoms with Crippen molar-refractivity contribution in [2.45, 2.75) is 45.6 Å². The van der Waals surface area contributed by atoms with E-state index in [4.69, 9.17) is 0 Å². The fourth-order valence-electron chi connectivity index (χ4n) is 3.46. The van der Waals surface area contributed by atoms with Crippen molar-refractivity contribution in [2.24, 2.45) is 10.4 Å². The Balaban J connectivity index is 1.69. The molecule has 5 heteroatoms. The van der Waals surface area contributed by atoms with E-state index >= 15 is 0 Å². The van der Waals surface area contributed by atoms with E-state index in [2.05, 4.69) is 46.3 Å². The van der Waals surface area contributed by atoms with Crippen LogP contribution in [0.25, 0.3) is 0 Å². The summed E-state index contributed by atoms with van der Waals surface area (Å²) in [6, 6.07) is 0.552. The summed E-state index contributed by atoms with van der Waals surface area (Å²) >= 11 is 0. The fraction of sp³-hybridized carbons (Fsp3) is 0.941. The molecule has 0 aromatic rings. The molecule has 0 radical (unpaired) electrons. The molecule has 0 amide bonds. The van der Waals surface area contributed by atoms with Gasteiger partial charge in [-0.25, -0.2) is 0 Å². The van der Waals surface area contributed by atoms with Crippen molar-refractivity contribution in [1.29, 1.82) is 0 Å². The molecule has 0 aromatic carbocycles. The zero-order chi connectivity index (χ0) is 16.0. The zero-order valence-corrected chi connectivity index (χ0v) is 15.0. The molecular formula is C17H35N5. The van der Waals surface area contributed by atoms with Crippen LogP contribution in [0.15, 0.2) is 4.99 Å². The molecule has 1 saturated carbocycles. The highest BCUT2D eigenvalue weighted by Crippen LogP contribution is 2.42. The monoisotopic (exact) mass is 309 g/mol. The van der Waals surface area contributed by atoms with Crippen LogP contribution in [0, 0.1) is 5.41 Å². The van der Waals surface area contributed by atoms with Gasteiger partial charge >= 0.3 is 0 Å². The summed E-state index contributed by atoms with van der Waals surface area (Å²) < 4.78 is 0. The van der Waals surface area contributed by atoms with Gasteiger partial charge in [0.1, 0.15) is 0 Å². The Morgan fingerprint density at radius 2 is 1.86 bits per heavy atom. The first-order valence-electron chi connectivity index (χ1n) is 8.96. The van der Waals surface area contributed by atoms with Crippen LogP contribution in [-0.2, 0) is 0 Å². The highest BCUT2D eigenvalue weighted by atomic mass is 15.3. The molecule has 2 fully saturated rings. The molecule has 0 bridgehead atoms. The van der Waals surface area contributed by atoms with Crippen LogP contribution in [-0.4, -0.2) is 75.2 Å². The number of nitrogens with zero attached hydrogens (tertiary/aromatic N) is 3. The van der Waals surface area contributed by atoms with E-state index in [0.717, 1.165) is 19.0 Å². The van der Waals surface area contributed by atoms with E-state index in [-0.39, 0.29) is 0 Å². The molecule has 0 spiro atoms. The van der Waals surface area contributed by atoms with E-state index in [9.17, 15) is 0 Å². The first-order valence-corrected chi connectivity index (χ1v) is 8.96. The van der Waals surface area contributed by atoms with Gasteiger partial charge in [0.15, 0.2) is 5.96 Å². The summed E-state index contributed by atoms with van der Waals surface area (Å²) in [6.45, 7) is 11.3. The highest BCUT2D eigenvalue weighted by Gasteiger charge is 2.34. The second-order valence-corrected chi connectivity index (χ2v) is 7.20. The lowest BCUT2D eigenvalue weighted by Crippen LogP contribution is -2.53.